The molecule has 3 heterocycles. The van der Waals surface area contributed by atoms with Crippen molar-refractivity contribution in [2.75, 3.05) is 11.9 Å². The highest BCUT2D eigenvalue weighted by atomic mass is 19.1. The molecule has 28 heavy (non-hydrogen) atoms. The third kappa shape index (κ3) is 2.95. The summed E-state index contributed by atoms with van der Waals surface area (Å²) in [6.07, 6.45) is 1.59. The van der Waals surface area contributed by atoms with E-state index in [9.17, 15) is 18.8 Å². The van der Waals surface area contributed by atoms with Crippen LogP contribution < -0.4 is 16.1 Å². The van der Waals surface area contributed by atoms with Gasteiger partial charge in [0.05, 0.1) is 11.1 Å². The Labute approximate surface area is 159 Å². The number of aryl methyl sites for hydroxylation is 1. The standard InChI is InChI=1S/C19H17FN4O4/c1-8-14(6-12-11-5-10(20)3-4-13(11)22-17(12)25)21-9(2)16(8)19(27)23-15-7-28-24-18(15)26/h3-6,15,21H,7H2,1-2H3,(H,22,25)(H,23,27)(H,24,26). The third-order valence-corrected chi connectivity index (χ3v) is 4.80. The highest BCUT2D eigenvalue weighted by Crippen LogP contribution is 2.34. The molecule has 2 aromatic rings. The maximum atomic E-state index is 13.6. The number of hydroxylamine groups is 1. The van der Waals surface area contributed by atoms with Gasteiger partial charge in [-0.15, -0.1) is 0 Å². The predicted molar refractivity (Wildman–Crippen MR) is 98.5 cm³/mol. The molecule has 8 nitrogen and oxygen atoms in total. The van der Waals surface area contributed by atoms with Crippen LogP contribution in [-0.2, 0) is 14.4 Å². The van der Waals surface area contributed by atoms with Crippen molar-refractivity contribution in [3.63, 3.8) is 0 Å². The van der Waals surface area contributed by atoms with Crippen LogP contribution in [-0.4, -0.2) is 35.4 Å². The Morgan fingerprint density at radius 2 is 2.11 bits per heavy atom. The number of rotatable bonds is 3. The van der Waals surface area contributed by atoms with E-state index < -0.39 is 23.7 Å². The summed E-state index contributed by atoms with van der Waals surface area (Å²) in [5, 5.41) is 5.31. The zero-order valence-electron chi connectivity index (χ0n) is 15.1. The Balaban J connectivity index is 1.68. The molecule has 1 aromatic carbocycles. The normalized spacial score (nSPS) is 19.5. The van der Waals surface area contributed by atoms with Gasteiger partial charge in [-0.05, 0) is 43.7 Å². The average molecular weight is 384 g/mol. The Hall–Kier alpha value is -3.46. The third-order valence-electron chi connectivity index (χ3n) is 4.80. The maximum Gasteiger partial charge on any atom is 0.268 e. The molecule has 0 bridgehead atoms. The number of carbonyl (C=O) groups excluding carboxylic acids is 3. The molecule has 1 fully saturated rings. The Morgan fingerprint density at radius 3 is 2.82 bits per heavy atom. The zero-order valence-corrected chi connectivity index (χ0v) is 15.1. The van der Waals surface area contributed by atoms with Gasteiger partial charge in [0.2, 0.25) is 0 Å². The second-order valence-corrected chi connectivity index (χ2v) is 6.67. The highest BCUT2D eigenvalue weighted by molar-refractivity contribution is 6.34. The number of halogens is 1. The summed E-state index contributed by atoms with van der Waals surface area (Å²) in [6.45, 7) is 3.50. The van der Waals surface area contributed by atoms with Gasteiger partial charge in [0.1, 0.15) is 18.5 Å². The number of aromatic nitrogens is 1. The van der Waals surface area contributed by atoms with Crippen LogP contribution in [0.15, 0.2) is 18.2 Å². The summed E-state index contributed by atoms with van der Waals surface area (Å²) in [6, 6.07) is 3.30. The lowest BCUT2D eigenvalue weighted by Gasteiger charge is -2.09. The number of nitrogens with one attached hydrogen (secondary N) is 4. The number of carbonyl (C=O) groups is 3. The van der Waals surface area contributed by atoms with Crippen LogP contribution in [0.3, 0.4) is 0 Å². The van der Waals surface area contributed by atoms with Crippen LogP contribution in [0, 0.1) is 19.7 Å². The molecule has 0 saturated carbocycles. The van der Waals surface area contributed by atoms with E-state index in [1.807, 2.05) is 0 Å². The van der Waals surface area contributed by atoms with Gasteiger partial charge in [-0.25, -0.2) is 9.87 Å². The van der Waals surface area contributed by atoms with Gasteiger partial charge in [0, 0.05) is 22.6 Å². The molecule has 144 valence electrons. The van der Waals surface area contributed by atoms with E-state index in [2.05, 4.69) is 21.1 Å². The van der Waals surface area contributed by atoms with Gasteiger partial charge in [-0.2, -0.15) is 0 Å². The van der Waals surface area contributed by atoms with E-state index in [0.29, 0.717) is 39.3 Å². The molecule has 2 aliphatic heterocycles. The number of hydrogen-bond acceptors (Lipinski definition) is 4. The molecular formula is C19H17FN4O4. The first-order valence-corrected chi connectivity index (χ1v) is 8.60. The molecule has 0 radical (unpaired) electrons. The average Bonchev–Trinajstić information content (AvgIpc) is 3.26. The summed E-state index contributed by atoms with van der Waals surface area (Å²) in [5.74, 6) is -1.64. The molecule has 1 saturated heterocycles. The smallest absolute Gasteiger partial charge is 0.268 e. The van der Waals surface area contributed by atoms with Crippen LogP contribution in [0.25, 0.3) is 11.6 Å². The SMILES string of the molecule is Cc1[nH]c(C=C2C(=O)Nc3ccc(F)cc32)c(C)c1C(=O)NC1CONC1=O. The quantitative estimate of drug-likeness (QED) is 0.600. The van der Waals surface area contributed by atoms with Crippen molar-refractivity contribution < 1.29 is 23.6 Å². The highest BCUT2D eigenvalue weighted by Gasteiger charge is 2.30. The molecule has 1 aromatic heterocycles. The number of fused-ring (bicyclic) bond motifs is 1. The predicted octanol–water partition coefficient (Wildman–Crippen LogP) is 1.42. The lowest BCUT2D eigenvalue weighted by atomic mass is 10.0. The van der Waals surface area contributed by atoms with Crippen LogP contribution in [0.5, 0.6) is 0 Å². The van der Waals surface area contributed by atoms with Crippen LogP contribution in [0.4, 0.5) is 10.1 Å². The van der Waals surface area contributed by atoms with Crippen molar-refractivity contribution in [1.82, 2.24) is 15.8 Å². The van der Waals surface area contributed by atoms with Crippen molar-refractivity contribution in [2.45, 2.75) is 19.9 Å². The minimum absolute atomic E-state index is 0.0481. The van der Waals surface area contributed by atoms with Crippen LogP contribution in [0.2, 0.25) is 0 Å². The number of amides is 3. The lowest BCUT2D eigenvalue weighted by Crippen LogP contribution is -2.41. The summed E-state index contributed by atoms with van der Waals surface area (Å²) in [7, 11) is 0. The fourth-order valence-electron chi connectivity index (χ4n) is 3.39. The van der Waals surface area contributed by atoms with Crippen molar-refractivity contribution in [1.29, 1.82) is 0 Å². The first-order chi connectivity index (χ1) is 13.3. The Morgan fingerprint density at radius 1 is 1.32 bits per heavy atom. The first kappa shape index (κ1) is 17.9. The number of anilines is 1. The van der Waals surface area contributed by atoms with Gasteiger partial charge in [0.25, 0.3) is 17.7 Å². The van der Waals surface area contributed by atoms with Gasteiger partial charge in [-0.3, -0.25) is 19.2 Å². The van der Waals surface area contributed by atoms with Crippen molar-refractivity contribution in [3.05, 3.63) is 52.1 Å². The largest absolute Gasteiger partial charge is 0.358 e. The Kier molecular flexibility index (Phi) is 4.23. The fourth-order valence-corrected chi connectivity index (χ4v) is 3.39. The van der Waals surface area contributed by atoms with E-state index >= 15 is 0 Å². The summed E-state index contributed by atoms with van der Waals surface area (Å²) < 4.78 is 13.6. The van der Waals surface area contributed by atoms with Crippen molar-refractivity contribution >= 4 is 35.1 Å². The number of benzene rings is 1. The zero-order chi connectivity index (χ0) is 20.0. The van der Waals surface area contributed by atoms with Crippen molar-refractivity contribution in [3.8, 4) is 0 Å². The molecule has 4 N–H and O–H groups in total. The topological polar surface area (TPSA) is 112 Å². The number of aromatic amines is 1. The second-order valence-electron chi connectivity index (χ2n) is 6.67. The van der Waals surface area contributed by atoms with Crippen LogP contribution in [0.1, 0.15) is 32.9 Å². The van der Waals surface area contributed by atoms with Gasteiger partial charge >= 0.3 is 0 Å². The lowest BCUT2D eigenvalue weighted by molar-refractivity contribution is -0.125. The number of H-pyrrole nitrogens is 1. The molecular weight excluding hydrogens is 367 g/mol. The van der Waals surface area contributed by atoms with Gasteiger partial charge in [-0.1, -0.05) is 0 Å². The van der Waals surface area contributed by atoms with Gasteiger partial charge in [0.15, 0.2) is 0 Å². The summed E-state index contributed by atoms with van der Waals surface area (Å²) >= 11 is 0. The second kappa shape index (κ2) is 6.61. The molecule has 1 unspecified atom stereocenters. The Bertz CT molecular complexity index is 1060. The van der Waals surface area contributed by atoms with E-state index in [1.54, 1.807) is 19.9 Å². The van der Waals surface area contributed by atoms with E-state index in [1.165, 1.54) is 18.2 Å². The summed E-state index contributed by atoms with van der Waals surface area (Å²) in [5.41, 5.74) is 5.60. The maximum absolute atomic E-state index is 13.6. The fraction of sp³-hybridized carbons (Fsp3) is 0.211. The summed E-state index contributed by atoms with van der Waals surface area (Å²) in [4.78, 5) is 44.4. The molecule has 3 amide bonds. The minimum Gasteiger partial charge on any atom is -0.358 e. The van der Waals surface area contributed by atoms with Crippen molar-refractivity contribution in [2.24, 2.45) is 0 Å². The molecule has 2 aliphatic rings. The molecule has 0 spiro atoms. The monoisotopic (exact) mass is 384 g/mol. The van der Waals surface area contributed by atoms with E-state index in [4.69, 9.17) is 4.84 Å². The van der Waals surface area contributed by atoms with Crippen LogP contribution >= 0.6 is 0 Å². The molecule has 0 aliphatic carbocycles. The minimum atomic E-state index is -0.765. The molecule has 9 heteroatoms. The molecule has 4 rings (SSSR count). The number of hydrogen-bond donors (Lipinski definition) is 4. The van der Waals surface area contributed by atoms with Gasteiger partial charge < -0.3 is 15.6 Å². The van der Waals surface area contributed by atoms with E-state index in [0.717, 1.165) is 0 Å². The molecule has 1 atom stereocenters. The van der Waals surface area contributed by atoms with E-state index in [-0.39, 0.29) is 12.5 Å². The first-order valence-electron chi connectivity index (χ1n) is 8.60.